The van der Waals surface area contributed by atoms with Gasteiger partial charge in [0.05, 0.1) is 16.6 Å². The molecule has 154 valence electrons. The van der Waals surface area contributed by atoms with Gasteiger partial charge in [-0.2, -0.15) is 5.10 Å². The fourth-order valence-corrected chi connectivity index (χ4v) is 4.10. The summed E-state index contributed by atoms with van der Waals surface area (Å²) in [6, 6.07) is 26.3. The second-order valence-corrected chi connectivity index (χ2v) is 7.60. The van der Waals surface area contributed by atoms with Crippen molar-refractivity contribution < 1.29 is 0 Å². The van der Waals surface area contributed by atoms with Crippen molar-refractivity contribution >= 4 is 16.9 Å². The first-order chi connectivity index (χ1) is 15.1. The summed E-state index contributed by atoms with van der Waals surface area (Å²) in [4.78, 5) is 12.6. The van der Waals surface area contributed by atoms with Crippen LogP contribution in [-0.4, -0.2) is 19.3 Å². The predicted octanol–water partition coefficient (Wildman–Crippen LogP) is 4.55. The first kappa shape index (κ1) is 18.9. The van der Waals surface area contributed by atoms with E-state index in [2.05, 4.69) is 27.6 Å². The summed E-state index contributed by atoms with van der Waals surface area (Å²) in [6.07, 6.45) is 0. The standard InChI is InChI=1S/C25H23N5O/c1-29-20-15-9-14-19(23(20)30(2)25(29)31)21-22(18-12-7-4-8-13-18)27-28-24(21)26-16-17-10-5-3-6-11-17/h3-15H,16H2,1-2H3,(H2,26,27,28). The van der Waals surface area contributed by atoms with Gasteiger partial charge in [-0.15, -0.1) is 0 Å². The van der Waals surface area contributed by atoms with Crippen molar-refractivity contribution in [3.05, 3.63) is 94.9 Å². The number of fused-ring (bicyclic) bond motifs is 1. The average molecular weight is 409 g/mol. The maximum atomic E-state index is 12.6. The lowest BCUT2D eigenvalue weighted by molar-refractivity contribution is 0.795. The molecule has 5 aromatic rings. The van der Waals surface area contributed by atoms with E-state index in [9.17, 15) is 4.79 Å². The molecule has 0 spiro atoms. The lowest BCUT2D eigenvalue weighted by Crippen LogP contribution is -2.19. The van der Waals surface area contributed by atoms with Crippen molar-refractivity contribution in [2.24, 2.45) is 14.1 Å². The van der Waals surface area contributed by atoms with Gasteiger partial charge in [-0.1, -0.05) is 72.8 Å². The van der Waals surface area contributed by atoms with Crippen LogP contribution in [0.3, 0.4) is 0 Å². The number of para-hydroxylation sites is 1. The first-order valence-electron chi connectivity index (χ1n) is 10.2. The number of rotatable bonds is 5. The molecule has 31 heavy (non-hydrogen) atoms. The van der Waals surface area contributed by atoms with E-state index in [-0.39, 0.29) is 5.69 Å². The van der Waals surface area contributed by atoms with Crippen LogP contribution in [0.4, 0.5) is 5.82 Å². The third-order valence-electron chi connectivity index (χ3n) is 5.68. The Kier molecular flexibility index (Phi) is 4.67. The Hall–Kier alpha value is -4.06. The Balaban J connectivity index is 1.71. The minimum absolute atomic E-state index is 0.0500. The van der Waals surface area contributed by atoms with Crippen molar-refractivity contribution in [2.45, 2.75) is 6.54 Å². The molecule has 0 fully saturated rings. The molecule has 0 unspecified atom stereocenters. The second-order valence-electron chi connectivity index (χ2n) is 7.60. The molecule has 2 heterocycles. The Morgan fingerprint density at radius 3 is 2.32 bits per heavy atom. The molecule has 6 heteroatoms. The number of hydrogen-bond donors (Lipinski definition) is 2. The smallest absolute Gasteiger partial charge is 0.328 e. The van der Waals surface area contributed by atoms with Gasteiger partial charge in [0.1, 0.15) is 11.5 Å². The third kappa shape index (κ3) is 3.22. The van der Waals surface area contributed by atoms with Gasteiger partial charge < -0.3 is 5.32 Å². The van der Waals surface area contributed by atoms with Crippen LogP contribution in [0.25, 0.3) is 33.4 Å². The monoisotopic (exact) mass is 409 g/mol. The van der Waals surface area contributed by atoms with E-state index in [0.717, 1.165) is 39.2 Å². The fraction of sp³-hybridized carbons (Fsp3) is 0.120. The molecule has 0 saturated heterocycles. The fourth-order valence-electron chi connectivity index (χ4n) is 4.10. The van der Waals surface area contributed by atoms with Gasteiger partial charge in [-0.05, 0) is 11.6 Å². The van der Waals surface area contributed by atoms with Gasteiger partial charge >= 0.3 is 5.69 Å². The molecule has 6 nitrogen and oxygen atoms in total. The Morgan fingerprint density at radius 1 is 0.871 bits per heavy atom. The van der Waals surface area contributed by atoms with Gasteiger partial charge in [-0.25, -0.2) is 4.79 Å². The van der Waals surface area contributed by atoms with E-state index in [1.165, 1.54) is 5.56 Å². The molecule has 0 amide bonds. The number of hydrogen-bond acceptors (Lipinski definition) is 3. The number of nitrogens with zero attached hydrogens (tertiary/aromatic N) is 3. The van der Waals surface area contributed by atoms with E-state index in [0.29, 0.717) is 6.54 Å². The van der Waals surface area contributed by atoms with Crippen LogP contribution in [0.15, 0.2) is 83.7 Å². The summed E-state index contributed by atoms with van der Waals surface area (Å²) in [7, 11) is 3.62. The molecular formula is C25H23N5O. The molecule has 2 N–H and O–H groups in total. The van der Waals surface area contributed by atoms with Gasteiger partial charge in [0, 0.05) is 31.8 Å². The molecule has 0 saturated carbocycles. The van der Waals surface area contributed by atoms with Crippen molar-refractivity contribution in [3.8, 4) is 22.4 Å². The normalized spacial score (nSPS) is 11.2. The van der Waals surface area contributed by atoms with Crippen molar-refractivity contribution in [2.75, 3.05) is 5.32 Å². The number of H-pyrrole nitrogens is 1. The second kappa shape index (κ2) is 7.65. The highest BCUT2D eigenvalue weighted by atomic mass is 16.1. The quantitative estimate of drug-likeness (QED) is 0.448. The molecule has 0 aliphatic rings. The highest BCUT2D eigenvalue weighted by Gasteiger charge is 2.21. The minimum atomic E-state index is -0.0500. The number of benzene rings is 3. The van der Waals surface area contributed by atoms with Gasteiger partial charge in [0.2, 0.25) is 0 Å². The van der Waals surface area contributed by atoms with Crippen molar-refractivity contribution in [3.63, 3.8) is 0 Å². The molecule has 0 aliphatic carbocycles. The number of anilines is 1. The zero-order chi connectivity index (χ0) is 21.4. The molecule has 0 bridgehead atoms. The van der Waals surface area contributed by atoms with Crippen LogP contribution < -0.4 is 11.0 Å². The molecular weight excluding hydrogens is 386 g/mol. The lowest BCUT2D eigenvalue weighted by atomic mass is 9.99. The van der Waals surface area contributed by atoms with Crippen LogP contribution in [0.5, 0.6) is 0 Å². The Morgan fingerprint density at radius 2 is 1.58 bits per heavy atom. The van der Waals surface area contributed by atoms with Crippen LogP contribution >= 0.6 is 0 Å². The predicted molar refractivity (Wildman–Crippen MR) is 125 cm³/mol. The summed E-state index contributed by atoms with van der Waals surface area (Å²) >= 11 is 0. The number of aromatic amines is 1. The van der Waals surface area contributed by atoms with E-state index < -0.39 is 0 Å². The Bertz CT molecular complexity index is 1410. The third-order valence-corrected chi connectivity index (χ3v) is 5.68. The molecule has 0 atom stereocenters. The summed E-state index contributed by atoms with van der Waals surface area (Å²) < 4.78 is 3.38. The van der Waals surface area contributed by atoms with Crippen LogP contribution in [0.2, 0.25) is 0 Å². The molecule has 3 aromatic carbocycles. The Labute approximate surface area is 179 Å². The molecule has 0 aliphatic heterocycles. The zero-order valence-corrected chi connectivity index (χ0v) is 17.5. The summed E-state index contributed by atoms with van der Waals surface area (Å²) in [6.45, 7) is 0.661. The highest BCUT2D eigenvalue weighted by Crippen LogP contribution is 2.39. The van der Waals surface area contributed by atoms with Gasteiger partial charge in [0.25, 0.3) is 0 Å². The topological polar surface area (TPSA) is 67.6 Å². The van der Waals surface area contributed by atoms with E-state index >= 15 is 0 Å². The average Bonchev–Trinajstić information content (AvgIpc) is 3.34. The van der Waals surface area contributed by atoms with Crippen LogP contribution in [0.1, 0.15) is 5.56 Å². The highest BCUT2D eigenvalue weighted by molar-refractivity contribution is 6.00. The van der Waals surface area contributed by atoms with Crippen molar-refractivity contribution in [1.82, 2.24) is 19.3 Å². The zero-order valence-electron chi connectivity index (χ0n) is 17.5. The van der Waals surface area contributed by atoms with Gasteiger partial charge in [-0.3, -0.25) is 14.2 Å². The molecule has 2 aromatic heterocycles. The maximum absolute atomic E-state index is 12.6. The van der Waals surface area contributed by atoms with Crippen LogP contribution in [0, 0.1) is 0 Å². The van der Waals surface area contributed by atoms with Gasteiger partial charge in [0.15, 0.2) is 0 Å². The van der Waals surface area contributed by atoms with E-state index in [1.807, 2.05) is 73.8 Å². The molecule has 0 radical (unpaired) electrons. The number of aryl methyl sites for hydroxylation is 2. The number of imidazole rings is 1. The number of nitrogens with one attached hydrogen (secondary N) is 2. The summed E-state index contributed by atoms with van der Waals surface area (Å²) in [5, 5.41) is 11.4. The number of aromatic nitrogens is 4. The largest absolute Gasteiger partial charge is 0.366 e. The summed E-state index contributed by atoms with van der Waals surface area (Å²) in [5.41, 5.74) is 6.67. The van der Waals surface area contributed by atoms with Crippen molar-refractivity contribution in [1.29, 1.82) is 0 Å². The first-order valence-corrected chi connectivity index (χ1v) is 10.2. The summed E-state index contributed by atoms with van der Waals surface area (Å²) in [5.74, 6) is 0.825. The van der Waals surface area contributed by atoms with E-state index in [4.69, 9.17) is 0 Å². The maximum Gasteiger partial charge on any atom is 0.328 e. The minimum Gasteiger partial charge on any atom is -0.366 e. The van der Waals surface area contributed by atoms with Crippen LogP contribution in [-0.2, 0) is 20.6 Å². The molecule has 5 rings (SSSR count). The lowest BCUT2D eigenvalue weighted by Gasteiger charge is -2.11. The SMILES string of the molecule is Cn1c(=O)n(C)c2c(-c3c(-c4ccccc4)n[nH]c3NCc3ccccc3)cccc21. The van der Waals surface area contributed by atoms with E-state index in [1.54, 1.807) is 16.2 Å².